The molecule has 0 saturated carbocycles. The van der Waals surface area contributed by atoms with Crippen molar-refractivity contribution >= 4 is 5.91 Å². The molecular weight excluding hydrogens is 242 g/mol. The number of benzene rings is 1. The van der Waals surface area contributed by atoms with Gasteiger partial charge in [-0.2, -0.15) is 0 Å². The van der Waals surface area contributed by atoms with Crippen molar-refractivity contribution in [3.05, 3.63) is 29.8 Å². The number of carbonyl (C=O) groups excluding carboxylic acids is 1. The Morgan fingerprint density at radius 3 is 2.47 bits per heavy atom. The SMILES string of the molecule is CCC(CCO)NC(=O)C(C)c1ccc(OC)cc1. The van der Waals surface area contributed by atoms with Gasteiger partial charge in [0.1, 0.15) is 5.75 Å². The van der Waals surface area contributed by atoms with Gasteiger partial charge in [0.2, 0.25) is 5.91 Å². The number of amides is 1. The van der Waals surface area contributed by atoms with Crippen LogP contribution in [0.4, 0.5) is 0 Å². The zero-order valence-electron chi connectivity index (χ0n) is 11.8. The lowest BCUT2D eigenvalue weighted by Crippen LogP contribution is -2.37. The van der Waals surface area contributed by atoms with E-state index in [4.69, 9.17) is 9.84 Å². The molecule has 0 bridgehead atoms. The number of hydrogen-bond donors (Lipinski definition) is 2. The van der Waals surface area contributed by atoms with Crippen LogP contribution in [-0.2, 0) is 4.79 Å². The van der Waals surface area contributed by atoms with Crippen LogP contribution in [0.2, 0.25) is 0 Å². The molecule has 2 atom stereocenters. The van der Waals surface area contributed by atoms with Crippen molar-refractivity contribution < 1.29 is 14.6 Å². The summed E-state index contributed by atoms with van der Waals surface area (Å²) in [7, 11) is 1.62. The topological polar surface area (TPSA) is 58.6 Å². The minimum absolute atomic E-state index is 0.00883. The predicted octanol–water partition coefficient (Wildman–Crippen LogP) is 2.08. The number of carbonyl (C=O) groups is 1. The smallest absolute Gasteiger partial charge is 0.227 e. The van der Waals surface area contributed by atoms with Gasteiger partial charge in [-0.05, 0) is 37.5 Å². The first-order chi connectivity index (χ1) is 9.12. The number of methoxy groups -OCH3 is 1. The summed E-state index contributed by atoms with van der Waals surface area (Å²) in [6.45, 7) is 3.97. The van der Waals surface area contributed by atoms with Gasteiger partial charge in [0.15, 0.2) is 0 Å². The van der Waals surface area contributed by atoms with Gasteiger partial charge in [0.25, 0.3) is 0 Å². The van der Waals surface area contributed by atoms with Crippen LogP contribution < -0.4 is 10.1 Å². The monoisotopic (exact) mass is 265 g/mol. The molecule has 0 spiro atoms. The normalized spacial score (nSPS) is 13.7. The van der Waals surface area contributed by atoms with E-state index in [0.29, 0.717) is 6.42 Å². The molecule has 0 aromatic heterocycles. The molecule has 2 unspecified atom stereocenters. The molecule has 0 aliphatic heterocycles. The van der Waals surface area contributed by atoms with Crippen LogP contribution in [0, 0.1) is 0 Å². The molecule has 0 aliphatic rings. The molecule has 1 amide bonds. The van der Waals surface area contributed by atoms with Crippen molar-refractivity contribution in [3.8, 4) is 5.75 Å². The van der Waals surface area contributed by atoms with E-state index >= 15 is 0 Å². The average Bonchev–Trinajstić information content (AvgIpc) is 2.45. The highest BCUT2D eigenvalue weighted by Crippen LogP contribution is 2.19. The summed E-state index contributed by atoms with van der Waals surface area (Å²) in [6.07, 6.45) is 1.42. The summed E-state index contributed by atoms with van der Waals surface area (Å²) >= 11 is 0. The summed E-state index contributed by atoms with van der Waals surface area (Å²) < 4.78 is 5.09. The standard InChI is InChI=1S/C15H23NO3/c1-4-13(9-10-17)16-15(18)11(2)12-5-7-14(19-3)8-6-12/h5-8,11,13,17H,4,9-10H2,1-3H3,(H,16,18). The maximum absolute atomic E-state index is 12.1. The van der Waals surface area contributed by atoms with E-state index < -0.39 is 0 Å². The van der Waals surface area contributed by atoms with Crippen molar-refractivity contribution in [1.29, 1.82) is 0 Å². The second-order valence-electron chi connectivity index (χ2n) is 4.62. The second kappa shape index (κ2) is 7.79. The molecule has 0 heterocycles. The quantitative estimate of drug-likeness (QED) is 0.793. The maximum Gasteiger partial charge on any atom is 0.227 e. The first-order valence-corrected chi connectivity index (χ1v) is 6.67. The van der Waals surface area contributed by atoms with Crippen LogP contribution in [0.3, 0.4) is 0 Å². The minimum Gasteiger partial charge on any atom is -0.497 e. The second-order valence-corrected chi connectivity index (χ2v) is 4.62. The van der Waals surface area contributed by atoms with Gasteiger partial charge in [-0.1, -0.05) is 19.1 Å². The highest BCUT2D eigenvalue weighted by Gasteiger charge is 2.18. The lowest BCUT2D eigenvalue weighted by atomic mass is 9.99. The van der Waals surface area contributed by atoms with E-state index in [-0.39, 0.29) is 24.5 Å². The molecule has 1 aromatic rings. The summed E-state index contributed by atoms with van der Waals surface area (Å²) in [5.74, 6) is 0.562. The number of rotatable bonds is 7. The number of aliphatic hydroxyl groups is 1. The molecule has 2 N–H and O–H groups in total. The van der Waals surface area contributed by atoms with Crippen molar-refractivity contribution in [2.45, 2.75) is 38.6 Å². The van der Waals surface area contributed by atoms with E-state index in [9.17, 15) is 4.79 Å². The lowest BCUT2D eigenvalue weighted by molar-refractivity contribution is -0.123. The van der Waals surface area contributed by atoms with Crippen molar-refractivity contribution in [2.24, 2.45) is 0 Å². The Bertz CT molecular complexity index is 389. The largest absolute Gasteiger partial charge is 0.497 e. The molecule has 4 heteroatoms. The van der Waals surface area contributed by atoms with Crippen LogP contribution in [0.15, 0.2) is 24.3 Å². The van der Waals surface area contributed by atoms with Gasteiger partial charge in [0.05, 0.1) is 13.0 Å². The summed E-state index contributed by atoms with van der Waals surface area (Å²) in [4.78, 5) is 12.1. The zero-order valence-corrected chi connectivity index (χ0v) is 11.8. The third-order valence-corrected chi connectivity index (χ3v) is 3.33. The van der Waals surface area contributed by atoms with Gasteiger partial charge in [-0.3, -0.25) is 4.79 Å². The lowest BCUT2D eigenvalue weighted by Gasteiger charge is -2.19. The molecule has 0 saturated heterocycles. The highest BCUT2D eigenvalue weighted by atomic mass is 16.5. The minimum atomic E-state index is -0.210. The van der Waals surface area contributed by atoms with Gasteiger partial charge in [-0.25, -0.2) is 0 Å². The molecule has 4 nitrogen and oxygen atoms in total. The highest BCUT2D eigenvalue weighted by molar-refractivity contribution is 5.83. The van der Waals surface area contributed by atoms with Gasteiger partial charge in [0, 0.05) is 12.6 Å². The number of hydrogen-bond acceptors (Lipinski definition) is 3. The number of ether oxygens (including phenoxy) is 1. The Labute approximate surface area is 114 Å². The van der Waals surface area contributed by atoms with Crippen LogP contribution in [0.25, 0.3) is 0 Å². The Hall–Kier alpha value is -1.55. The van der Waals surface area contributed by atoms with Crippen molar-refractivity contribution in [3.63, 3.8) is 0 Å². The Morgan fingerprint density at radius 2 is 2.00 bits per heavy atom. The third-order valence-electron chi connectivity index (χ3n) is 3.33. The molecule has 19 heavy (non-hydrogen) atoms. The van der Waals surface area contributed by atoms with Crippen molar-refractivity contribution in [2.75, 3.05) is 13.7 Å². The Balaban J connectivity index is 2.64. The van der Waals surface area contributed by atoms with E-state index in [1.165, 1.54) is 0 Å². The van der Waals surface area contributed by atoms with Gasteiger partial charge < -0.3 is 15.2 Å². The fourth-order valence-corrected chi connectivity index (χ4v) is 1.90. The summed E-state index contributed by atoms with van der Waals surface area (Å²) in [5.41, 5.74) is 0.956. The van der Waals surface area contributed by atoms with Crippen molar-refractivity contribution in [1.82, 2.24) is 5.32 Å². The fourth-order valence-electron chi connectivity index (χ4n) is 1.90. The Morgan fingerprint density at radius 1 is 1.37 bits per heavy atom. The van der Waals surface area contributed by atoms with E-state index in [1.807, 2.05) is 38.1 Å². The number of aliphatic hydroxyl groups excluding tert-OH is 1. The van der Waals surface area contributed by atoms with E-state index in [0.717, 1.165) is 17.7 Å². The molecule has 0 aliphatic carbocycles. The first kappa shape index (κ1) is 15.5. The molecule has 1 aromatic carbocycles. The molecule has 0 radical (unpaired) electrons. The van der Waals surface area contributed by atoms with Gasteiger partial charge >= 0.3 is 0 Å². The van der Waals surface area contributed by atoms with E-state index in [1.54, 1.807) is 7.11 Å². The number of nitrogens with one attached hydrogen (secondary N) is 1. The van der Waals surface area contributed by atoms with Crippen LogP contribution in [-0.4, -0.2) is 30.8 Å². The first-order valence-electron chi connectivity index (χ1n) is 6.67. The van der Waals surface area contributed by atoms with Crippen LogP contribution >= 0.6 is 0 Å². The van der Waals surface area contributed by atoms with Crippen LogP contribution in [0.5, 0.6) is 5.75 Å². The molecule has 0 fully saturated rings. The summed E-state index contributed by atoms with van der Waals surface area (Å²) in [5, 5.41) is 11.9. The van der Waals surface area contributed by atoms with Gasteiger partial charge in [-0.15, -0.1) is 0 Å². The summed E-state index contributed by atoms with van der Waals surface area (Å²) in [6, 6.07) is 7.54. The fraction of sp³-hybridized carbons (Fsp3) is 0.533. The van der Waals surface area contributed by atoms with E-state index in [2.05, 4.69) is 5.32 Å². The zero-order chi connectivity index (χ0) is 14.3. The maximum atomic E-state index is 12.1. The predicted molar refractivity (Wildman–Crippen MR) is 75.3 cm³/mol. The molecule has 1 rings (SSSR count). The average molecular weight is 265 g/mol. The Kier molecular flexibility index (Phi) is 6.36. The third kappa shape index (κ3) is 4.56. The molecular formula is C15H23NO3. The van der Waals surface area contributed by atoms with Crippen LogP contribution in [0.1, 0.15) is 38.2 Å². The molecule has 106 valence electrons.